The first-order valence-corrected chi connectivity index (χ1v) is 7.72. The van der Waals surface area contributed by atoms with Crippen molar-refractivity contribution in [1.29, 1.82) is 0 Å². The monoisotopic (exact) mass is 388 g/mol. The van der Waals surface area contributed by atoms with Crippen LogP contribution in [0, 0.1) is 0 Å². The molecule has 0 atom stereocenters. The molecule has 118 valence electrons. The van der Waals surface area contributed by atoms with Crippen LogP contribution in [-0.4, -0.2) is 41.6 Å². The maximum absolute atomic E-state index is 12.1. The van der Waals surface area contributed by atoms with Crippen molar-refractivity contribution >= 4 is 45.0 Å². The van der Waals surface area contributed by atoms with Crippen LogP contribution >= 0.6 is 27.5 Å². The van der Waals surface area contributed by atoms with Crippen LogP contribution in [0.4, 0.5) is 5.69 Å². The predicted molar refractivity (Wildman–Crippen MR) is 85.8 cm³/mol. The molecule has 0 saturated heterocycles. The number of amides is 2. The number of imide groups is 1. The Morgan fingerprint density at radius 3 is 2.77 bits per heavy atom. The summed E-state index contributed by atoms with van der Waals surface area (Å²) in [5.41, 5.74) is 0.577. The fourth-order valence-corrected chi connectivity index (χ4v) is 2.92. The van der Waals surface area contributed by atoms with Crippen molar-refractivity contribution in [2.45, 2.75) is 6.92 Å². The summed E-state index contributed by atoms with van der Waals surface area (Å²) in [6.45, 7) is 1.93. The van der Waals surface area contributed by atoms with E-state index < -0.39 is 11.8 Å². The zero-order valence-corrected chi connectivity index (χ0v) is 14.1. The van der Waals surface area contributed by atoms with Crippen LogP contribution in [0.1, 0.15) is 6.92 Å². The molecule has 0 aliphatic carbocycles. The first kappa shape index (κ1) is 16.8. The van der Waals surface area contributed by atoms with E-state index in [9.17, 15) is 9.59 Å². The van der Waals surface area contributed by atoms with Gasteiger partial charge in [0.15, 0.2) is 5.75 Å². The van der Waals surface area contributed by atoms with Gasteiger partial charge in [0, 0.05) is 11.1 Å². The molecule has 1 aliphatic heterocycles. The van der Waals surface area contributed by atoms with E-state index in [0.29, 0.717) is 27.5 Å². The van der Waals surface area contributed by atoms with Gasteiger partial charge in [0.1, 0.15) is 5.70 Å². The summed E-state index contributed by atoms with van der Waals surface area (Å²) in [6.07, 6.45) is 1.18. The van der Waals surface area contributed by atoms with Crippen LogP contribution in [0.3, 0.4) is 0 Å². The summed E-state index contributed by atoms with van der Waals surface area (Å²) < 4.78 is 6.16. The summed E-state index contributed by atoms with van der Waals surface area (Å²) in [6, 6.07) is 3.27. The average Bonchev–Trinajstić information content (AvgIpc) is 2.71. The third-order valence-electron chi connectivity index (χ3n) is 2.90. The molecule has 0 unspecified atom stereocenters. The normalized spacial score (nSPS) is 14.4. The molecule has 2 N–H and O–H groups in total. The molecule has 1 heterocycles. The Morgan fingerprint density at radius 1 is 1.41 bits per heavy atom. The van der Waals surface area contributed by atoms with E-state index in [1.54, 1.807) is 12.1 Å². The number of ether oxygens (including phenoxy) is 1. The van der Waals surface area contributed by atoms with Crippen molar-refractivity contribution in [2.75, 3.05) is 25.1 Å². The van der Waals surface area contributed by atoms with Gasteiger partial charge in [-0.05, 0) is 35.0 Å². The number of hydrogen-bond donors (Lipinski definition) is 2. The smallest absolute Gasteiger partial charge is 0.277 e. The van der Waals surface area contributed by atoms with Crippen LogP contribution in [0.25, 0.3) is 0 Å². The minimum atomic E-state index is -0.502. The molecule has 0 saturated carbocycles. The van der Waals surface area contributed by atoms with Gasteiger partial charge in [0.25, 0.3) is 11.8 Å². The summed E-state index contributed by atoms with van der Waals surface area (Å²) in [5.74, 6) is -0.480. The Bertz CT molecular complexity index is 648. The van der Waals surface area contributed by atoms with Gasteiger partial charge in [-0.2, -0.15) is 0 Å². The van der Waals surface area contributed by atoms with Gasteiger partial charge >= 0.3 is 0 Å². The third-order valence-corrected chi connectivity index (χ3v) is 3.71. The van der Waals surface area contributed by atoms with E-state index >= 15 is 0 Å². The fourth-order valence-electron chi connectivity index (χ4n) is 2.00. The highest BCUT2D eigenvalue weighted by molar-refractivity contribution is 9.10. The topological polar surface area (TPSA) is 78.9 Å². The number of nitrogens with one attached hydrogen (secondary N) is 1. The zero-order valence-electron chi connectivity index (χ0n) is 11.7. The van der Waals surface area contributed by atoms with Crippen molar-refractivity contribution in [2.24, 2.45) is 0 Å². The maximum Gasteiger partial charge on any atom is 0.277 e. The van der Waals surface area contributed by atoms with Crippen LogP contribution in [-0.2, 0) is 9.59 Å². The lowest BCUT2D eigenvalue weighted by Gasteiger charge is -2.16. The Balaban J connectivity index is 2.30. The number of hydrogen-bond acceptors (Lipinski definition) is 5. The number of β-amino-alcohol motifs (C(OH)–C–C–N with tert-alkyl or cyclic N) is 1. The Morgan fingerprint density at radius 2 is 2.14 bits per heavy atom. The summed E-state index contributed by atoms with van der Waals surface area (Å²) in [5, 5.41) is 12.2. The highest BCUT2D eigenvalue weighted by Gasteiger charge is 2.31. The van der Waals surface area contributed by atoms with Gasteiger partial charge in [-0.3, -0.25) is 14.5 Å². The molecule has 1 aromatic rings. The van der Waals surface area contributed by atoms with Gasteiger partial charge in [-0.1, -0.05) is 11.6 Å². The van der Waals surface area contributed by atoms with Crippen molar-refractivity contribution in [1.82, 2.24) is 4.90 Å². The largest absolute Gasteiger partial charge is 0.491 e. The highest BCUT2D eigenvalue weighted by atomic mass is 79.9. The first-order chi connectivity index (χ1) is 10.5. The van der Waals surface area contributed by atoms with Crippen LogP contribution in [0.5, 0.6) is 5.75 Å². The van der Waals surface area contributed by atoms with Gasteiger partial charge in [0.2, 0.25) is 0 Å². The van der Waals surface area contributed by atoms with Gasteiger partial charge in [0.05, 0.1) is 29.9 Å². The van der Waals surface area contributed by atoms with E-state index in [1.165, 1.54) is 6.08 Å². The van der Waals surface area contributed by atoms with Crippen LogP contribution < -0.4 is 10.1 Å². The molecule has 1 aliphatic rings. The molecule has 22 heavy (non-hydrogen) atoms. The molecule has 2 rings (SSSR count). The molecule has 0 bridgehead atoms. The second kappa shape index (κ2) is 7.13. The van der Waals surface area contributed by atoms with E-state index in [4.69, 9.17) is 21.4 Å². The van der Waals surface area contributed by atoms with E-state index in [1.807, 2.05) is 6.92 Å². The third kappa shape index (κ3) is 3.43. The van der Waals surface area contributed by atoms with E-state index in [2.05, 4.69) is 21.2 Å². The number of benzene rings is 1. The number of nitrogens with zero attached hydrogens (tertiary/aromatic N) is 1. The Hall–Kier alpha value is -1.57. The molecular weight excluding hydrogens is 376 g/mol. The number of anilines is 1. The van der Waals surface area contributed by atoms with Crippen molar-refractivity contribution in [3.8, 4) is 5.75 Å². The first-order valence-electron chi connectivity index (χ1n) is 6.55. The summed E-state index contributed by atoms with van der Waals surface area (Å²) >= 11 is 9.36. The SMILES string of the molecule is CCOc1c(Br)cc(Cl)cc1NC1=CC(=O)N(CCO)C1=O. The fraction of sp³-hybridized carbons (Fsp3) is 0.286. The number of carbonyl (C=O) groups excluding carboxylic acids is 2. The van der Waals surface area contributed by atoms with E-state index in [0.717, 1.165) is 4.90 Å². The molecule has 0 fully saturated rings. The number of aliphatic hydroxyl groups is 1. The van der Waals surface area contributed by atoms with E-state index in [-0.39, 0.29) is 18.8 Å². The lowest BCUT2D eigenvalue weighted by Crippen LogP contribution is -2.34. The van der Waals surface area contributed by atoms with Crippen molar-refractivity contribution < 1.29 is 19.4 Å². The number of halogens is 2. The lowest BCUT2D eigenvalue weighted by atomic mass is 10.2. The Kier molecular flexibility index (Phi) is 5.44. The molecule has 0 radical (unpaired) electrons. The minimum absolute atomic E-state index is 0.0447. The predicted octanol–water partition coefficient (Wildman–Crippen LogP) is 2.16. The molecule has 0 spiro atoms. The molecule has 2 amide bonds. The van der Waals surface area contributed by atoms with Gasteiger partial charge in [-0.15, -0.1) is 0 Å². The molecule has 1 aromatic carbocycles. The second-order valence-electron chi connectivity index (χ2n) is 4.40. The van der Waals surface area contributed by atoms with Crippen LogP contribution in [0.15, 0.2) is 28.4 Å². The van der Waals surface area contributed by atoms with Crippen molar-refractivity contribution in [3.63, 3.8) is 0 Å². The quantitative estimate of drug-likeness (QED) is 0.729. The number of rotatable bonds is 6. The van der Waals surface area contributed by atoms with Crippen LogP contribution in [0.2, 0.25) is 5.02 Å². The standard InChI is InChI=1S/C14H14BrClN2O4/c1-2-22-13-9(15)5-8(16)6-10(13)17-11-7-12(20)18(3-4-19)14(11)21/h5-7,17,19H,2-4H2,1H3. The second-order valence-corrected chi connectivity index (χ2v) is 5.69. The average molecular weight is 390 g/mol. The summed E-state index contributed by atoms with van der Waals surface area (Å²) in [4.78, 5) is 24.8. The number of aliphatic hydroxyl groups excluding tert-OH is 1. The highest BCUT2D eigenvalue weighted by Crippen LogP contribution is 2.37. The maximum atomic E-state index is 12.1. The molecule has 0 aromatic heterocycles. The van der Waals surface area contributed by atoms with Crippen molar-refractivity contribution in [3.05, 3.63) is 33.4 Å². The molecule has 6 nitrogen and oxygen atoms in total. The minimum Gasteiger partial charge on any atom is -0.491 e. The molecular formula is C14H14BrClN2O4. The zero-order chi connectivity index (χ0) is 16.3. The number of carbonyl (C=O) groups is 2. The Labute approximate surface area is 140 Å². The van der Waals surface area contributed by atoms with Gasteiger partial charge < -0.3 is 15.2 Å². The van der Waals surface area contributed by atoms with Gasteiger partial charge in [-0.25, -0.2) is 0 Å². The summed E-state index contributed by atoms with van der Waals surface area (Å²) in [7, 11) is 0. The molecule has 8 heteroatoms. The lowest BCUT2D eigenvalue weighted by molar-refractivity contribution is -0.137.